The van der Waals surface area contributed by atoms with E-state index in [4.69, 9.17) is 0 Å². The van der Waals surface area contributed by atoms with Crippen LogP contribution in [0.3, 0.4) is 0 Å². The Hall–Kier alpha value is -2.03. The van der Waals surface area contributed by atoms with Gasteiger partial charge < -0.3 is 10.6 Å². The summed E-state index contributed by atoms with van der Waals surface area (Å²) >= 11 is 0. The SMILES string of the molecule is CCCC(CC)Nc1cccc2c(C=O)ccc(NC(CC)CCC)c12. The summed E-state index contributed by atoms with van der Waals surface area (Å²) in [5.41, 5.74) is 3.00. The fraction of sp³-hybridized carbons (Fsp3) is 0.522. The monoisotopic (exact) mass is 354 g/mol. The van der Waals surface area contributed by atoms with Crippen molar-refractivity contribution in [2.45, 2.75) is 78.3 Å². The molecule has 26 heavy (non-hydrogen) atoms. The van der Waals surface area contributed by atoms with Crippen LogP contribution in [0, 0.1) is 0 Å². The van der Waals surface area contributed by atoms with Crippen molar-refractivity contribution in [2.24, 2.45) is 0 Å². The van der Waals surface area contributed by atoms with Crippen LogP contribution in [0.5, 0.6) is 0 Å². The van der Waals surface area contributed by atoms with E-state index in [1.165, 1.54) is 0 Å². The van der Waals surface area contributed by atoms with Gasteiger partial charge in [-0.3, -0.25) is 4.79 Å². The molecule has 2 unspecified atom stereocenters. The summed E-state index contributed by atoms with van der Waals surface area (Å²) in [5, 5.41) is 9.62. The third kappa shape index (κ3) is 4.78. The molecule has 0 aromatic heterocycles. The molecular weight excluding hydrogens is 320 g/mol. The molecule has 2 aromatic carbocycles. The summed E-state index contributed by atoms with van der Waals surface area (Å²) in [6.45, 7) is 8.90. The van der Waals surface area contributed by atoms with Gasteiger partial charge in [0.05, 0.1) is 0 Å². The normalized spacial score (nSPS) is 13.4. The predicted molar refractivity (Wildman–Crippen MR) is 115 cm³/mol. The van der Waals surface area contributed by atoms with Crippen LogP contribution in [0.25, 0.3) is 10.8 Å². The quantitative estimate of drug-likeness (QED) is 0.445. The van der Waals surface area contributed by atoms with Gasteiger partial charge in [0.25, 0.3) is 0 Å². The summed E-state index contributed by atoms with van der Waals surface area (Å²) in [7, 11) is 0. The maximum atomic E-state index is 11.6. The maximum Gasteiger partial charge on any atom is 0.150 e. The van der Waals surface area contributed by atoms with Crippen molar-refractivity contribution < 1.29 is 4.79 Å². The van der Waals surface area contributed by atoms with E-state index in [1.54, 1.807) is 0 Å². The summed E-state index contributed by atoms with van der Waals surface area (Å²) in [4.78, 5) is 11.6. The molecule has 0 fully saturated rings. The van der Waals surface area contributed by atoms with E-state index in [0.29, 0.717) is 12.1 Å². The summed E-state index contributed by atoms with van der Waals surface area (Å²) in [6.07, 6.45) is 7.77. The largest absolute Gasteiger partial charge is 0.382 e. The Bertz CT molecular complexity index is 688. The number of hydrogen-bond donors (Lipinski definition) is 2. The van der Waals surface area contributed by atoms with E-state index in [2.05, 4.69) is 56.5 Å². The van der Waals surface area contributed by atoms with Crippen LogP contribution in [-0.2, 0) is 0 Å². The van der Waals surface area contributed by atoms with Gasteiger partial charge in [0.15, 0.2) is 6.29 Å². The molecule has 0 saturated heterocycles. The molecule has 2 rings (SSSR count). The maximum absolute atomic E-state index is 11.6. The number of carbonyl (C=O) groups is 1. The molecule has 3 nitrogen and oxygen atoms in total. The van der Waals surface area contributed by atoms with Gasteiger partial charge in [0.1, 0.15) is 0 Å². The molecular formula is C23H34N2O. The van der Waals surface area contributed by atoms with Crippen molar-refractivity contribution >= 4 is 28.4 Å². The average Bonchev–Trinajstić information content (AvgIpc) is 2.67. The Balaban J connectivity index is 2.52. The molecule has 142 valence electrons. The molecule has 0 spiro atoms. The van der Waals surface area contributed by atoms with Crippen LogP contribution in [0.2, 0.25) is 0 Å². The lowest BCUT2D eigenvalue weighted by Gasteiger charge is -2.23. The first-order chi connectivity index (χ1) is 12.7. The van der Waals surface area contributed by atoms with Crippen LogP contribution in [0.15, 0.2) is 30.3 Å². The fourth-order valence-electron chi connectivity index (χ4n) is 3.67. The van der Waals surface area contributed by atoms with Crippen molar-refractivity contribution in [3.63, 3.8) is 0 Å². The number of aldehydes is 1. The van der Waals surface area contributed by atoms with E-state index >= 15 is 0 Å². The first-order valence-corrected chi connectivity index (χ1v) is 10.2. The van der Waals surface area contributed by atoms with Gasteiger partial charge in [0, 0.05) is 34.4 Å². The molecule has 0 bridgehead atoms. The number of carbonyl (C=O) groups excluding carboxylic acids is 1. The van der Waals surface area contributed by atoms with Gasteiger partial charge >= 0.3 is 0 Å². The Morgan fingerprint density at radius 2 is 1.42 bits per heavy atom. The molecule has 3 heteroatoms. The lowest BCUT2D eigenvalue weighted by molar-refractivity contribution is 0.112. The average molecular weight is 355 g/mol. The number of benzene rings is 2. The Morgan fingerprint density at radius 1 is 0.846 bits per heavy atom. The standard InChI is InChI=1S/C23H34N2O/c1-5-10-18(7-3)24-21-13-9-12-20-17(16-26)14-15-22(23(20)21)25-19(8-4)11-6-2/h9,12-16,18-19,24-25H,5-8,10-11H2,1-4H3. The van der Waals surface area contributed by atoms with Crippen LogP contribution in [0.4, 0.5) is 11.4 Å². The lowest BCUT2D eigenvalue weighted by Crippen LogP contribution is -2.20. The van der Waals surface area contributed by atoms with Crippen molar-refractivity contribution in [1.82, 2.24) is 0 Å². The van der Waals surface area contributed by atoms with Crippen molar-refractivity contribution in [3.05, 3.63) is 35.9 Å². The summed E-state index contributed by atoms with van der Waals surface area (Å²) in [6, 6.07) is 11.1. The van der Waals surface area contributed by atoms with Crippen LogP contribution in [0.1, 0.15) is 76.6 Å². The first kappa shape index (κ1) is 20.3. The molecule has 2 atom stereocenters. The molecule has 2 N–H and O–H groups in total. The van der Waals surface area contributed by atoms with Crippen molar-refractivity contribution in [2.75, 3.05) is 10.6 Å². The van der Waals surface area contributed by atoms with Crippen LogP contribution < -0.4 is 10.6 Å². The van der Waals surface area contributed by atoms with Crippen molar-refractivity contribution in [3.8, 4) is 0 Å². The van der Waals surface area contributed by atoms with Gasteiger partial charge in [-0.15, -0.1) is 0 Å². The summed E-state index contributed by atoms with van der Waals surface area (Å²) in [5.74, 6) is 0. The van der Waals surface area contributed by atoms with E-state index in [9.17, 15) is 4.79 Å². The zero-order valence-electron chi connectivity index (χ0n) is 16.8. The van der Waals surface area contributed by atoms with Gasteiger partial charge in [-0.1, -0.05) is 52.7 Å². The molecule has 0 aliphatic rings. The van der Waals surface area contributed by atoms with Gasteiger partial charge in [-0.05, 0) is 49.3 Å². The van der Waals surface area contributed by atoms with Gasteiger partial charge in [-0.25, -0.2) is 0 Å². The highest BCUT2D eigenvalue weighted by molar-refractivity contribution is 6.09. The smallest absolute Gasteiger partial charge is 0.150 e. The zero-order chi connectivity index (χ0) is 18.9. The second-order valence-electron chi connectivity index (χ2n) is 7.12. The number of hydrogen-bond acceptors (Lipinski definition) is 3. The number of anilines is 2. The molecule has 0 radical (unpaired) electrons. The lowest BCUT2D eigenvalue weighted by atomic mass is 9.99. The molecule has 0 amide bonds. The van der Waals surface area contributed by atoms with E-state index in [-0.39, 0.29) is 0 Å². The Morgan fingerprint density at radius 3 is 1.92 bits per heavy atom. The highest BCUT2D eigenvalue weighted by atomic mass is 16.1. The van der Waals surface area contributed by atoms with Crippen molar-refractivity contribution in [1.29, 1.82) is 0 Å². The topological polar surface area (TPSA) is 41.1 Å². The molecule has 0 saturated carbocycles. The van der Waals surface area contributed by atoms with Crippen LogP contribution in [-0.4, -0.2) is 18.4 Å². The van der Waals surface area contributed by atoms with Gasteiger partial charge in [0.2, 0.25) is 0 Å². The van der Waals surface area contributed by atoms with E-state index in [0.717, 1.165) is 72.5 Å². The first-order valence-electron chi connectivity index (χ1n) is 10.2. The van der Waals surface area contributed by atoms with E-state index in [1.807, 2.05) is 12.1 Å². The molecule has 0 heterocycles. The molecule has 0 aliphatic heterocycles. The van der Waals surface area contributed by atoms with E-state index < -0.39 is 0 Å². The third-order valence-corrected chi connectivity index (χ3v) is 5.18. The van der Waals surface area contributed by atoms with Gasteiger partial charge in [-0.2, -0.15) is 0 Å². The zero-order valence-corrected chi connectivity index (χ0v) is 16.8. The minimum Gasteiger partial charge on any atom is -0.382 e. The minimum atomic E-state index is 0.455. The number of fused-ring (bicyclic) bond motifs is 1. The fourth-order valence-corrected chi connectivity index (χ4v) is 3.67. The minimum absolute atomic E-state index is 0.455. The summed E-state index contributed by atoms with van der Waals surface area (Å²) < 4.78 is 0. The Labute approximate surface area is 158 Å². The second kappa shape index (κ2) is 10.2. The third-order valence-electron chi connectivity index (χ3n) is 5.18. The Kier molecular flexibility index (Phi) is 7.96. The predicted octanol–water partition coefficient (Wildman–Crippen LogP) is 6.63. The number of nitrogens with one attached hydrogen (secondary N) is 2. The second-order valence-corrected chi connectivity index (χ2v) is 7.12. The van der Waals surface area contributed by atoms with Crippen LogP contribution >= 0.6 is 0 Å². The molecule has 2 aromatic rings. The highest BCUT2D eigenvalue weighted by Crippen LogP contribution is 2.34. The molecule has 0 aliphatic carbocycles. The highest BCUT2D eigenvalue weighted by Gasteiger charge is 2.14. The number of rotatable bonds is 11.